The first kappa shape index (κ1) is 13.5. The van der Waals surface area contributed by atoms with E-state index in [0.29, 0.717) is 5.69 Å². The molecule has 1 N–H and O–H groups in total. The van der Waals surface area contributed by atoms with E-state index in [1.807, 2.05) is 51.1 Å². The maximum atomic E-state index is 12.3. The third-order valence-electron chi connectivity index (χ3n) is 2.96. The van der Waals surface area contributed by atoms with Crippen molar-refractivity contribution in [2.24, 2.45) is 5.41 Å². The lowest BCUT2D eigenvalue weighted by molar-refractivity contribution is 0.0435. The monoisotopic (exact) mass is 258 g/mol. The zero-order chi connectivity index (χ0) is 14.0. The van der Waals surface area contributed by atoms with E-state index < -0.39 is 11.5 Å². The molecule has 100 valence electrons. The van der Waals surface area contributed by atoms with Crippen LogP contribution >= 0.6 is 0 Å². The van der Waals surface area contributed by atoms with Crippen LogP contribution in [0.3, 0.4) is 0 Å². The molecule has 19 heavy (non-hydrogen) atoms. The number of benzene rings is 1. The van der Waals surface area contributed by atoms with Gasteiger partial charge in [0.25, 0.3) is 0 Å². The normalized spacial score (nSPS) is 13.3. The second-order valence-electron chi connectivity index (χ2n) is 5.60. The first-order chi connectivity index (χ1) is 8.91. The van der Waals surface area contributed by atoms with E-state index in [1.165, 1.54) is 0 Å². The molecule has 1 unspecified atom stereocenters. The number of hydrogen-bond acceptors (Lipinski definition) is 3. The van der Waals surface area contributed by atoms with Gasteiger partial charge >= 0.3 is 0 Å². The number of nitrogens with zero attached hydrogens (tertiary/aromatic N) is 2. The molecule has 2 rings (SSSR count). The van der Waals surface area contributed by atoms with Crippen molar-refractivity contribution >= 4 is 5.78 Å². The molecule has 1 aromatic carbocycles. The van der Waals surface area contributed by atoms with Gasteiger partial charge in [0.05, 0.1) is 11.9 Å². The Labute approximate surface area is 112 Å². The van der Waals surface area contributed by atoms with Gasteiger partial charge in [0.2, 0.25) is 5.78 Å². The lowest BCUT2D eigenvalue weighted by Crippen LogP contribution is -2.35. The van der Waals surface area contributed by atoms with Crippen molar-refractivity contribution in [1.29, 1.82) is 0 Å². The Morgan fingerprint density at radius 3 is 2.42 bits per heavy atom. The first-order valence-electron chi connectivity index (χ1n) is 6.23. The summed E-state index contributed by atoms with van der Waals surface area (Å²) in [7, 11) is 0. The summed E-state index contributed by atoms with van der Waals surface area (Å²) in [6.45, 7) is 5.50. The van der Waals surface area contributed by atoms with Crippen molar-refractivity contribution in [2.45, 2.75) is 26.9 Å². The van der Waals surface area contributed by atoms with Crippen molar-refractivity contribution < 1.29 is 9.90 Å². The summed E-state index contributed by atoms with van der Waals surface area (Å²) in [5.41, 5.74) is 0.702. The van der Waals surface area contributed by atoms with Crippen LogP contribution in [0.2, 0.25) is 0 Å². The standard InChI is InChI=1S/C15H18N2O2/c1-15(2,3)14(19)13(18)12-9-10-16-17(12)11-7-5-4-6-8-11/h4-10,14,19H,1-3H3. The molecule has 4 heteroatoms. The summed E-state index contributed by atoms with van der Waals surface area (Å²) in [4.78, 5) is 12.3. The fourth-order valence-corrected chi connectivity index (χ4v) is 1.80. The molecule has 1 aromatic heterocycles. The average Bonchev–Trinajstić information content (AvgIpc) is 2.86. The molecule has 0 aliphatic heterocycles. The van der Waals surface area contributed by atoms with E-state index in [1.54, 1.807) is 16.9 Å². The van der Waals surface area contributed by atoms with E-state index in [-0.39, 0.29) is 5.78 Å². The minimum Gasteiger partial charge on any atom is -0.384 e. The van der Waals surface area contributed by atoms with Crippen molar-refractivity contribution in [2.75, 3.05) is 0 Å². The molecule has 0 amide bonds. The predicted octanol–water partition coefficient (Wildman–Crippen LogP) is 2.46. The zero-order valence-corrected chi connectivity index (χ0v) is 11.4. The number of carbonyl (C=O) groups is 1. The van der Waals surface area contributed by atoms with Crippen LogP contribution in [0.5, 0.6) is 0 Å². The van der Waals surface area contributed by atoms with Crippen LogP contribution < -0.4 is 0 Å². The van der Waals surface area contributed by atoms with Gasteiger partial charge in [-0.05, 0) is 23.6 Å². The van der Waals surface area contributed by atoms with Gasteiger partial charge in [-0.3, -0.25) is 4.79 Å². The van der Waals surface area contributed by atoms with Gasteiger partial charge in [0.1, 0.15) is 11.8 Å². The number of ketones is 1. The maximum Gasteiger partial charge on any atom is 0.210 e. The molecular formula is C15H18N2O2. The summed E-state index contributed by atoms with van der Waals surface area (Å²) in [5, 5.41) is 14.3. The van der Waals surface area contributed by atoms with Crippen LogP contribution in [0.4, 0.5) is 0 Å². The van der Waals surface area contributed by atoms with Crippen LogP contribution in [0.15, 0.2) is 42.6 Å². The zero-order valence-electron chi connectivity index (χ0n) is 11.4. The molecule has 4 nitrogen and oxygen atoms in total. The van der Waals surface area contributed by atoms with Gasteiger partial charge in [-0.15, -0.1) is 0 Å². The number of aliphatic hydroxyl groups excluding tert-OH is 1. The van der Waals surface area contributed by atoms with Gasteiger partial charge in [-0.25, -0.2) is 4.68 Å². The molecule has 1 atom stereocenters. The third kappa shape index (κ3) is 2.74. The minimum atomic E-state index is -1.05. The van der Waals surface area contributed by atoms with Crippen molar-refractivity contribution in [3.8, 4) is 5.69 Å². The Hall–Kier alpha value is -1.94. The fourth-order valence-electron chi connectivity index (χ4n) is 1.80. The molecule has 0 saturated heterocycles. The topological polar surface area (TPSA) is 55.1 Å². The van der Waals surface area contributed by atoms with Crippen LogP contribution in [0.25, 0.3) is 5.69 Å². The average molecular weight is 258 g/mol. The Balaban J connectivity index is 2.38. The van der Waals surface area contributed by atoms with Gasteiger partial charge in [-0.1, -0.05) is 39.0 Å². The summed E-state index contributed by atoms with van der Waals surface area (Å²) < 4.78 is 1.55. The Morgan fingerprint density at radius 1 is 1.21 bits per heavy atom. The molecule has 1 heterocycles. The lowest BCUT2D eigenvalue weighted by atomic mass is 9.86. The van der Waals surface area contributed by atoms with E-state index in [2.05, 4.69) is 5.10 Å². The summed E-state index contributed by atoms with van der Waals surface area (Å²) in [6.07, 6.45) is 0.516. The van der Waals surface area contributed by atoms with E-state index in [0.717, 1.165) is 5.69 Å². The van der Waals surface area contributed by atoms with E-state index in [9.17, 15) is 9.90 Å². The number of aromatic nitrogens is 2. The van der Waals surface area contributed by atoms with Gasteiger partial charge in [0.15, 0.2) is 0 Å². The summed E-state index contributed by atoms with van der Waals surface area (Å²) in [6, 6.07) is 11.0. The Bertz CT molecular complexity index is 567. The van der Waals surface area contributed by atoms with Crippen LogP contribution in [0.1, 0.15) is 31.3 Å². The van der Waals surface area contributed by atoms with Crippen molar-refractivity contribution in [1.82, 2.24) is 9.78 Å². The fraction of sp³-hybridized carbons (Fsp3) is 0.333. The number of Topliss-reactive ketones (excluding diaryl/α,β-unsaturated/α-hetero) is 1. The number of para-hydroxylation sites is 1. The molecule has 0 spiro atoms. The molecule has 0 radical (unpaired) electrons. The first-order valence-corrected chi connectivity index (χ1v) is 6.23. The number of carbonyl (C=O) groups excluding carboxylic acids is 1. The third-order valence-corrected chi connectivity index (χ3v) is 2.96. The van der Waals surface area contributed by atoms with Crippen LogP contribution in [0, 0.1) is 5.41 Å². The van der Waals surface area contributed by atoms with Gasteiger partial charge in [0, 0.05) is 0 Å². The largest absolute Gasteiger partial charge is 0.384 e. The molecule has 0 aliphatic rings. The number of aliphatic hydroxyl groups is 1. The Kier molecular flexibility index (Phi) is 3.53. The maximum absolute atomic E-state index is 12.3. The predicted molar refractivity (Wildman–Crippen MR) is 73.4 cm³/mol. The van der Waals surface area contributed by atoms with Crippen molar-refractivity contribution in [3.05, 3.63) is 48.3 Å². The highest BCUT2D eigenvalue weighted by atomic mass is 16.3. The van der Waals surface area contributed by atoms with Gasteiger partial charge in [-0.2, -0.15) is 5.10 Å². The Morgan fingerprint density at radius 2 is 1.84 bits per heavy atom. The van der Waals surface area contributed by atoms with Crippen LogP contribution in [-0.2, 0) is 0 Å². The number of rotatable bonds is 3. The summed E-state index contributed by atoms with van der Waals surface area (Å²) >= 11 is 0. The lowest BCUT2D eigenvalue weighted by Gasteiger charge is -2.24. The van der Waals surface area contributed by atoms with Crippen molar-refractivity contribution in [3.63, 3.8) is 0 Å². The quantitative estimate of drug-likeness (QED) is 0.860. The smallest absolute Gasteiger partial charge is 0.210 e. The minimum absolute atomic E-state index is 0.311. The van der Waals surface area contributed by atoms with Crippen LogP contribution in [-0.4, -0.2) is 26.8 Å². The molecule has 0 aliphatic carbocycles. The van der Waals surface area contributed by atoms with E-state index in [4.69, 9.17) is 0 Å². The molecule has 0 saturated carbocycles. The second kappa shape index (κ2) is 4.97. The van der Waals surface area contributed by atoms with E-state index >= 15 is 0 Å². The summed E-state index contributed by atoms with van der Waals surface area (Å²) in [5.74, 6) is -0.311. The molecule has 2 aromatic rings. The highest BCUT2D eigenvalue weighted by Crippen LogP contribution is 2.23. The molecule has 0 fully saturated rings. The molecular weight excluding hydrogens is 240 g/mol. The highest BCUT2D eigenvalue weighted by molar-refractivity contribution is 5.98. The molecule has 0 bridgehead atoms. The SMILES string of the molecule is CC(C)(C)C(O)C(=O)c1ccnn1-c1ccccc1. The van der Waals surface area contributed by atoms with Gasteiger partial charge < -0.3 is 5.11 Å². The number of hydrogen-bond donors (Lipinski definition) is 1. The highest BCUT2D eigenvalue weighted by Gasteiger charge is 2.31. The second-order valence-corrected chi connectivity index (χ2v) is 5.60.